The molecule has 150 valence electrons. The summed E-state index contributed by atoms with van der Waals surface area (Å²) in [5, 5.41) is 16.0. The Morgan fingerprint density at radius 3 is 2.46 bits per heavy atom. The lowest BCUT2D eigenvalue weighted by Crippen LogP contribution is -2.32. The van der Waals surface area contributed by atoms with Gasteiger partial charge in [-0.3, -0.25) is 10.1 Å². The van der Waals surface area contributed by atoms with E-state index in [4.69, 9.17) is 9.47 Å². The van der Waals surface area contributed by atoms with Gasteiger partial charge in [-0.2, -0.15) is 0 Å². The first-order valence-electron chi connectivity index (χ1n) is 8.73. The molecule has 2 amide bonds. The van der Waals surface area contributed by atoms with Crippen molar-refractivity contribution in [3.05, 3.63) is 57.6 Å². The van der Waals surface area contributed by atoms with Crippen molar-refractivity contribution < 1.29 is 19.2 Å². The number of non-ortho nitro benzene ring substituents is 1. The Bertz CT molecular complexity index is 875. The maximum atomic E-state index is 12.1. The summed E-state index contributed by atoms with van der Waals surface area (Å²) in [5.41, 5.74) is 2.27. The highest BCUT2D eigenvalue weighted by Gasteiger charge is 2.19. The smallest absolute Gasteiger partial charge is 0.321 e. The lowest BCUT2D eigenvalue weighted by Gasteiger charge is -2.23. The number of nitrogens with zero attached hydrogens (tertiary/aromatic N) is 1. The van der Waals surface area contributed by atoms with Crippen molar-refractivity contribution >= 4 is 17.4 Å². The molecular weight excluding hydrogens is 362 g/mol. The Morgan fingerprint density at radius 2 is 1.86 bits per heavy atom. The molecule has 2 aromatic carbocycles. The first-order chi connectivity index (χ1) is 13.1. The van der Waals surface area contributed by atoms with Crippen LogP contribution < -0.4 is 20.1 Å². The summed E-state index contributed by atoms with van der Waals surface area (Å²) in [6.07, 6.45) is 0. The number of amides is 2. The van der Waals surface area contributed by atoms with Crippen molar-refractivity contribution in [2.45, 2.75) is 33.1 Å². The second-order valence-corrected chi connectivity index (χ2v) is 7.31. The zero-order chi connectivity index (χ0) is 20.9. The molecule has 28 heavy (non-hydrogen) atoms. The van der Waals surface area contributed by atoms with Gasteiger partial charge in [0.15, 0.2) is 6.73 Å². The zero-order valence-corrected chi connectivity index (χ0v) is 16.7. The first-order valence-corrected chi connectivity index (χ1v) is 8.73. The molecule has 8 heteroatoms. The average molecular weight is 387 g/mol. The van der Waals surface area contributed by atoms with Crippen molar-refractivity contribution in [3.8, 4) is 11.5 Å². The lowest BCUT2D eigenvalue weighted by molar-refractivity contribution is -0.384. The Kier molecular flexibility index (Phi) is 6.45. The molecule has 2 N–H and O–H groups in total. The third-order valence-corrected chi connectivity index (χ3v) is 4.05. The number of carbonyl (C=O) groups is 1. The van der Waals surface area contributed by atoms with E-state index in [1.54, 1.807) is 0 Å². The number of methoxy groups -OCH3 is 1. The zero-order valence-electron chi connectivity index (χ0n) is 16.7. The molecule has 0 fully saturated rings. The maximum absolute atomic E-state index is 12.1. The first kappa shape index (κ1) is 21.0. The molecule has 0 aromatic heterocycles. The predicted molar refractivity (Wildman–Crippen MR) is 107 cm³/mol. The number of urea groups is 1. The standard InChI is InChI=1S/C20H25N3O5/c1-13-6-9-17(15(10-13)20(2,3)4)28-12-21-19(24)22-16-8-7-14(23(25)26)11-18(16)27-5/h6-11H,12H2,1-5H3,(H2,21,22,24). The molecule has 2 aromatic rings. The molecule has 0 aliphatic carbocycles. The van der Waals surface area contributed by atoms with Crippen molar-refractivity contribution in [2.24, 2.45) is 0 Å². The topological polar surface area (TPSA) is 103 Å². The largest absolute Gasteiger partial charge is 0.494 e. The van der Waals surface area contributed by atoms with Crippen LogP contribution in [0.4, 0.5) is 16.2 Å². The molecule has 8 nitrogen and oxygen atoms in total. The number of anilines is 1. The monoisotopic (exact) mass is 387 g/mol. The van der Waals surface area contributed by atoms with Gasteiger partial charge in [0.05, 0.1) is 23.8 Å². The van der Waals surface area contributed by atoms with Crippen molar-refractivity contribution in [1.29, 1.82) is 0 Å². The Labute approximate surface area is 164 Å². The third-order valence-electron chi connectivity index (χ3n) is 4.05. The molecule has 0 radical (unpaired) electrons. The van der Waals surface area contributed by atoms with Crippen LogP contribution in [0.5, 0.6) is 11.5 Å². The van der Waals surface area contributed by atoms with Gasteiger partial charge in [-0.05, 0) is 30.0 Å². The van der Waals surface area contributed by atoms with Gasteiger partial charge in [0.2, 0.25) is 0 Å². The summed E-state index contributed by atoms with van der Waals surface area (Å²) in [6.45, 7) is 8.26. The number of aryl methyl sites for hydroxylation is 1. The van der Waals surface area contributed by atoms with Crippen LogP contribution in [0, 0.1) is 17.0 Å². The molecule has 0 bridgehead atoms. The second kappa shape index (κ2) is 8.60. The molecule has 2 rings (SSSR count). The molecule has 0 atom stereocenters. The number of nitrogens with one attached hydrogen (secondary N) is 2. The van der Waals surface area contributed by atoms with Crippen molar-refractivity contribution in [2.75, 3.05) is 19.2 Å². The second-order valence-electron chi connectivity index (χ2n) is 7.31. The van der Waals surface area contributed by atoms with Crippen LogP contribution in [0.15, 0.2) is 36.4 Å². The Hall–Kier alpha value is -3.29. The summed E-state index contributed by atoms with van der Waals surface area (Å²) in [4.78, 5) is 22.4. The molecule has 0 saturated carbocycles. The van der Waals surface area contributed by atoms with Gasteiger partial charge in [-0.1, -0.05) is 38.5 Å². The lowest BCUT2D eigenvalue weighted by atomic mass is 9.85. The van der Waals surface area contributed by atoms with Crippen LogP contribution in [0.3, 0.4) is 0 Å². The highest BCUT2D eigenvalue weighted by Crippen LogP contribution is 2.32. The molecule has 0 spiro atoms. The molecular formula is C20H25N3O5. The Morgan fingerprint density at radius 1 is 1.14 bits per heavy atom. The maximum Gasteiger partial charge on any atom is 0.321 e. The highest BCUT2D eigenvalue weighted by atomic mass is 16.6. The van der Waals surface area contributed by atoms with E-state index in [0.29, 0.717) is 11.4 Å². The predicted octanol–water partition coefficient (Wildman–Crippen LogP) is 4.37. The van der Waals surface area contributed by atoms with E-state index in [-0.39, 0.29) is 23.6 Å². The number of nitro groups is 1. The normalized spacial score (nSPS) is 10.9. The van der Waals surface area contributed by atoms with Gasteiger partial charge in [0.1, 0.15) is 11.5 Å². The average Bonchev–Trinajstić information content (AvgIpc) is 2.62. The summed E-state index contributed by atoms with van der Waals surface area (Å²) in [6, 6.07) is 9.33. The fourth-order valence-corrected chi connectivity index (χ4v) is 2.60. The van der Waals surface area contributed by atoms with Crippen LogP contribution in [-0.2, 0) is 5.41 Å². The number of hydrogen-bond donors (Lipinski definition) is 2. The minimum atomic E-state index is -0.533. The highest BCUT2D eigenvalue weighted by molar-refractivity contribution is 5.91. The number of rotatable bonds is 6. The van der Waals surface area contributed by atoms with Crippen LogP contribution >= 0.6 is 0 Å². The molecule has 0 aliphatic heterocycles. The Balaban J connectivity index is 2.00. The van der Waals surface area contributed by atoms with Gasteiger partial charge in [0.25, 0.3) is 5.69 Å². The number of hydrogen-bond acceptors (Lipinski definition) is 5. The fourth-order valence-electron chi connectivity index (χ4n) is 2.60. The quantitative estimate of drug-likeness (QED) is 0.435. The molecule has 0 heterocycles. The number of carbonyl (C=O) groups excluding carboxylic acids is 1. The van der Waals surface area contributed by atoms with E-state index in [1.807, 2.05) is 19.1 Å². The molecule has 0 unspecified atom stereocenters. The van der Waals surface area contributed by atoms with Gasteiger partial charge in [-0.15, -0.1) is 0 Å². The summed E-state index contributed by atoms with van der Waals surface area (Å²) < 4.78 is 10.8. The van der Waals surface area contributed by atoms with Crippen LogP contribution in [-0.4, -0.2) is 24.8 Å². The summed E-state index contributed by atoms with van der Waals surface area (Å²) >= 11 is 0. The number of ether oxygens (including phenoxy) is 2. The van der Waals surface area contributed by atoms with E-state index in [1.165, 1.54) is 25.3 Å². The number of benzene rings is 2. The van der Waals surface area contributed by atoms with Gasteiger partial charge >= 0.3 is 6.03 Å². The van der Waals surface area contributed by atoms with E-state index in [0.717, 1.165) is 11.1 Å². The third kappa shape index (κ3) is 5.35. The van der Waals surface area contributed by atoms with Crippen LogP contribution in [0.25, 0.3) is 0 Å². The van der Waals surface area contributed by atoms with Crippen LogP contribution in [0.2, 0.25) is 0 Å². The van der Waals surface area contributed by atoms with Gasteiger partial charge in [-0.25, -0.2) is 4.79 Å². The van der Waals surface area contributed by atoms with Crippen molar-refractivity contribution in [3.63, 3.8) is 0 Å². The summed E-state index contributed by atoms with van der Waals surface area (Å²) in [5.74, 6) is 0.894. The van der Waals surface area contributed by atoms with Gasteiger partial charge in [0, 0.05) is 6.07 Å². The SMILES string of the molecule is COc1cc([N+](=O)[O-])ccc1NC(=O)NCOc1ccc(C)cc1C(C)(C)C. The van der Waals surface area contributed by atoms with Crippen LogP contribution in [0.1, 0.15) is 31.9 Å². The van der Waals surface area contributed by atoms with E-state index < -0.39 is 11.0 Å². The minimum Gasteiger partial charge on any atom is -0.494 e. The van der Waals surface area contributed by atoms with E-state index in [9.17, 15) is 14.9 Å². The number of nitro benzene ring substituents is 1. The van der Waals surface area contributed by atoms with Crippen molar-refractivity contribution in [1.82, 2.24) is 5.32 Å². The molecule has 0 saturated heterocycles. The summed E-state index contributed by atoms with van der Waals surface area (Å²) in [7, 11) is 1.37. The van der Waals surface area contributed by atoms with E-state index in [2.05, 4.69) is 37.5 Å². The fraction of sp³-hybridized carbons (Fsp3) is 0.350. The van der Waals surface area contributed by atoms with Gasteiger partial charge < -0.3 is 20.1 Å². The molecule has 0 aliphatic rings. The van der Waals surface area contributed by atoms with E-state index >= 15 is 0 Å². The minimum absolute atomic E-state index is 0.0345.